The monoisotopic (exact) mass is 426 g/mol. The maximum absolute atomic E-state index is 11.4. The number of piperazine rings is 1. The number of benzene rings is 1. The fourth-order valence-corrected chi connectivity index (χ4v) is 3.99. The van der Waals surface area contributed by atoms with Crippen molar-refractivity contribution in [1.82, 2.24) is 29.7 Å². The Morgan fingerprint density at radius 1 is 0.969 bits per heavy atom. The second kappa shape index (κ2) is 8.90. The predicted molar refractivity (Wildman–Crippen MR) is 128 cm³/mol. The smallest absolute Gasteiger partial charge is 0.341 e. The fraction of sp³-hybridized carbons (Fsp3) is 0.240. The number of rotatable bonds is 5. The third-order valence-electron chi connectivity index (χ3n) is 5.92. The van der Waals surface area contributed by atoms with E-state index in [-0.39, 0.29) is 5.69 Å². The maximum atomic E-state index is 11.4. The standard InChI is InChI=1S/C25H26N6O/c1-30-10-12-31(13-11-30)17-19-4-2-18(3-5-19)6-7-22-14-20(8-9-26-22)23-15-21-16-27-25(32)29-24(21)28-23/h2-9,14-16H,10-13,17H2,1H3,(H2,27,28,29,32). The van der Waals surface area contributed by atoms with Crippen molar-refractivity contribution in [3.8, 4) is 11.3 Å². The molecule has 0 unspecified atom stereocenters. The summed E-state index contributed by atoms with van der Waals surface area (Å²) in [6.45, 7) is 5.54. The largest absolute Gasteiger partial charge is 0.346 e. The average Bonchev–Trinajstić information content (AvgIpc) is 3.24. The number of likely N-dealkylation sites (N-methyl/N-ethyl adjacent to an activating group) is 1. The van der Waals surface area contributed by atoms with E-state index < -0.39 is 0 Å². The van der Waals surface area contributed by atoms with Crippen LogP contribution >= 0.6 is 0 Å². The molecule has 2 N–H and O–H groups in total. The van der Waals surface area contributed by atoms with Crippen LogP contribution in [0.3, 0.4) is 0 Å². The molecule has 7 heteroatoms. The van der Waals surface area contributed by atoms with Gasteiger partial charge in [-0.15, -0.1) is 0 Å². The molecule has 7 nitrogen and oxygen atoms in total. The van der Waals surface area contributed by atoms with E-state index in [1.807, 2.05) is 24.3 Å². The fourth-order valence-electron chi connectivity index (χ4n) is 3.99. The summed E-state index contributed by atoms with van der Waals surface area (Å²) in [6, 6.07) is 14.7. The first-order valence-corrected chi connectivity index (χ1v) is 10.8. The van der Waals surface area contributed by atoms with Gasteiger partial charge in [-0.3, -0.25) is 14.9 Å². The molecular formula is C25H26N6O. The quantitative estimate of drug-likeness (QED) is 0.512. The minimum atomic E-state index is -0.362. The van der Waals surface area contributed by atoms with Crippen LogP contribution in [0.2, 0.25) is 0 Å². The van der Waals surface area contributed by atoms with E-state index in [1.54, 1.807) is 12.4 Å². The van der Waals surface area contributed by atoms with Gasteiger partial charge in [-0.25, -0.2) is 9.78 Å². The van der Waals surface area contributed by atoms with Gasteiger partial charge in [0, 0.05) is 61.8 Å². The Balaban J connectivity index is 1.27. The molecule has 3 aromatic heterocycles. The molecule has 162 valence electrons. The van der Waals surface area contributed by atoms with Crippen molar-refractivity contribution in [2.45, 2.75) is 6.54 Å². The van der Waals surface area contributed by atoms with Gasteiger partial charge < -0.3 is 9.88 Å². The van der Waals surface area contributed by atoms with Crippen LogP contribution < -0.4 is 5.69 Å². The van der Waals surface area contributed by atoms with Crippen LogP contribution in [0, 0.1) is 0 Å². The molecule has 1 aliphatic heterocycles. The normalized spacial score (nSPS) is 15.7. The van der Waals surface area contributed by atoms with E-state index in [4.69, 9.17) is 0 Å². The third-order valence-corrected chi connectivity index (χ3v) is 5.92. The lowest BCUT2D eigenvalue weighted by Crippen LogP contribution is -2.43. The molecule has 0 radical (unpaired) electrons. The van der Waals surface area contributed by atoms with E-state index >= 15 is 0 Å². The minimum absolute atomic E-state index is 0.362. The van der Waals surface area contributed by atoms with Crippen LogP contribution in [0.4, 0.5) is 0 Å². The zero-order chi connectivity index (χ0) is 21.9. The molecule has 0 spiro atoms. The highest BCUT2D eigenvalue weighted by atomic mass is 16.1. The number of pyridine rings is 1. The number of H-pyrrole nitrogens is 2. The summed E-state index contributed by atoms with van der Waals surface area (Å²) in [6.07, 6.45) is 7.47. The van der Waals surface area contributed by atoms with E-state index in [9.17, 15) is 4.79 Å². The van der Waals surface area contributed by atoms with Crippen molar-refractivity contribution in [3.05, 3.63) is 82.2 Å². The lowest BCUT2D eigenvalue weighted by Gasteiger charge is -2.32. The molecule has 0 amide bonds. The lowest BCUT2D eigenvalue weighted by molar-refractivity contribution is 0.148. The molecule has 4 heterocycles. The van der Waals surface area contributed by atoms with E-state index in [0.29, 0.717) is 5.65 Å². The van der Waals surface area contributed by atoms with Gasteiger partial charge in [-0.1, -0.05) is 30.3 Å². The second-order valence-electron chi connectivity index (χ2n) is 8.33. The van der Waals surface area contributed by atoms with Crippen LogP contribution in [0.5, 0.6) is 0 Å². The Bertz CT molecular complexity index is 1300. The zero-order valence-corrected chi connectivity index (χ0v) is 18.1. The van der Waals surface area contributed by atoms with Crippen molar-refractivity contribution in [1.29, 1.82) is 0 Å². The van der Waals surface area contributed by atoms with Gasteiger partial charge in [0.25, 0.3) is 0 Å². The number of aromatic nitrogens is 4. The van der Waals surface area contributed by atoms with Gasteiger partial charge in [-0.05, 0) is 42.4 Å². The number of nitrogens with one attached hydrogen (secondary N) is 2. The first-order valence-electron chi connectivity index (χ1n) is 10.8. The molecule has 0 bridgehead atoms. The van der Waals surface area contributed by atoms with Crippen molar-refractivity contribution in [2.24, 2.45) is 0 Å². The molecule has 1 fully saturated rings. The number of fused-ring (bicyclic) bond motifs is 1. The first kappa shape index (κ1) is 20.4. The Kier molecular flexibility index (Phi) is 5.66. The summed E-state index contributed by atoms with van der Waals surface area (Å²) in [5.41, 5.74) is 5.58. The Morgan fingerprint density at radius 2 is 1.78 bits per heavy atom. The average molecular weight is 427 g/mol. The highest BCUT2D eigenvalue weighted by molar-refractivity contribution is 5.82. The summed E-state index contributed by atoms with van der Waals surface area (Å²) in [5, 5.41) is 0.866. The molecule has 0 saturated carbocycles. The second-order valence-corrected chi connectivity index (χ2v) is 8.33. The topological polar surface area (TPSA) is 80.9 Å². The zero-order valence-electron chi connectivity index (χ0n) is 18.1. The predicted octanol–water partition coefficient (Wildman–Crippen LogP) is 3.23. The van der Waals surface area contributed by atoms with Crippen molar-refractivity contribution in [3.63, 3.8) is 0 Å². The molecule has 0 aliphatic carbocycles. The molecular weight excluding hydrogens is 400 g/mol. The first-order chi connectivity index (χ1) is 15.6. The van der Waals surface area contributed by atoms with Crippen LogP contribution in [-0.4, -0.2) is 63.0 Å². The van der Waals surface area contributed by atoms with Gasteiger partial charge >= 0.3 is 5.69 Å². The summed E-state index contributed by atoms with van der Waals surface area (Å²) < 4.78 is 0. The number of hydrogen-bond acceptors (Lipinski definition) is 5. The highest BCUT2D eigenvalue weighted by Crippen LogP contribution is 2.23. The summed E-state index contributed by atoms with van der Waals surface area (Å²) in [4.78, 5) is 30.5. The van der Waals surface area contributed by atoms with Gasteiger partial charge in [-0.2, -0.15) is 0 Å². The number of aromatic amines is 2. The molecule has 0 atom stereocenters. The Morgan fingerprint density at radius 3 is 2.59 bits per heavy atom. The van der Waals surface area contributed by atoms with Crippen molar-refractivity contribution in [2.75, 3.05) is 33.2 Å². The SMILES string of the molecule is CN1CCN(Cc2ccc(C=Cc3cc(-c4cc5cnc(=O)[nH]c5[nH]4)ccn3)cc2)CC1. The molecule has 1 saturated heterocycles. The van der Waals surface area contributed by atoms with E-state index in [2.05, 4.69) is 67.1 Å². The molecule has 1 aromatic carbocycles. The van der Waals surface area contributed by atoms with Crippen LogP contribution in [0.15, 0.2) is 59.7 Å². The number of nitrogens with zero attached hydrogens (tertiary/aromatic N) is 4. The molecule has 32 heavy (non-hydrogen) atoms. The number of hydrogen-bond donors (Lipinski definition) is 2. The summed E-state index contributed by atoms with van der Waals surface area (Å²) in [7, 11) is 2.18. The summed E-state index contributed by atoms with van der Waals surface area (Å²) in [5.74, 6) is 0. The minimum Gasteiger partial charge on any atom is -0.341 e. The third kappa shape index (κ3) is 4.69. The molecule has 5 rings (SSSR count). The van der Waals surface area contributed by atoms with E-state index in [0.717, 1.165) is 60.6 Å². The van der Waals surface area contributed by atoms with Crippen molar-refractivity contribution >= 4 is 23.2 Å². The van der Waals surface area contributed by atoms with Crippen LogP contribution in [0.25, 0.3) is 34.4 Å². The Hall–Kier alpha value is -3.55. The van der Waals surface area contributed by atoms with Gasteiger partial charge in [0.2, 0.25) is 0 Å². The maximum Gasteiger partial charge on any atom is 0.346 e. The molecule has 1 aliphatic rings. The van der Waals surface area contributed by atoms with Crippen LogP contribution in [-0.2, 0) is 6.54 Å². The molecule has 4 aromatic rings. The van der Waals surface area contributed by atoms with Crippen molar-refractivity contribution < 1.29 is 0 Å². The van der Waals surface area contributed by atoms with Gasteiger partial charge in [0.15, 0.2) is 0 Å². The Labute approximate surface area is 186 Å². The summed E-state index contributed by atoms with van der Waals surface area (Å²) >= 11 is 0. The van der Waals surface area contributed by atoms with Gasteiger partial charge in [0.05, 0.1) is 5.69 Å². The highest BCUT2D eigenvalue weighted by Gasteiger charge is 2.13. The van der Waals surface area contributed by atoms with E-state index in [1.165, 1.54) is 5.56 Å². The lowest BCUT2D eigenvalue weighted by atomic mass is 10.1. The van der Waals surface area contributed by atoms with Gasteiger partial charge in [0.1, 0.15) is 5.65 Å². The van der Waals surface area contributed by atoms with Crippen LogP contribution in [0.1, 0.15) is 16.8 Å².